The number of carbonyl (C=O) groups is 2. The Morgan fingerprint density at radius 2 is 1.90 bits per heavy atom. The molecule has 1 aromatic rings. The summed E-state index contributed by atoms with van der Waals surface area (Å²) in [7, 11) is 0. The summed E-state index contributed by atoms with van der Waals surface area (Å²) in [5, 5.41) is 5.25. The average Bonchev–Trinajstić information content (AvgIpc) is 2.45. The maximum absolute atomic E-state index is 11.5. The van der Waals surface area contributed by atoms with Gasteiger partial charge in [0.1, 0.15) is 5.75 Å². The summed E-state index contributed by atoms with van der Waals surface area (Å²) < 4.78 is 5.52. The fraction of sp³-hybridized carbons (Fsp3) is 0.467. The molecule has 0 atom stereocenters. The van der Waals surface area contributed by atoms with Crippen LogP contribution < -0.4 is 15.4 Å². The van der Waals surface area contributed by atoms with Gasteiger partial charge in [-0.25, -0.2) is 0 Å². The van der Waals surface area contributed by atoms with Gasteiger partial charge < -0.3 is 15.4 Å². The van der Waals surface area contributed by atoms with Crippen molar-refractivity contribution in [3.63, 3.8) is 0 Å². The Morgan fingerprint density at radius 1 is 1.15 bits per heavy atom. The van der Waals surface area contributed by atoms with Crippen LogP contribution in [0.5, 0.6) is 5.75 Å². The van der Waals surface area contributed by atoms with Gasteiger partial charge in [0.25, 0.3) is 0 Å². The van der Waals surface area contributed by atoms with Crippen molar-refractivity contribution in [1.82, 2.24) is 10.6 Å². The van der Waals surface area contributed by atoms with Crippen LogP contribution in [0.4, 0.5) is 0 Å². The highest BCUT2D eigenvalue weighted by atomic mass is 16.5. The van der Waals surface area contributed by atoms with E-state index in [-0.39, 0.29) is 24.8 Å². The number of hydrogen-bond acceptors (Lipinski definition) is 3. The predicted molar refractivity (Wildman–Crippen MR) is 77.6 cm³/mol. The Balaban J connectivity index is 2.17. The minimum absolute atomic E-state index is 0.0171. The molecule has 5 heteroatoms. The molecular formula is C15H22N2O3. The standard InChI is InChI=1S/C15H22N2O3/c1-3-9-16-15(19)11-17-14(18)8-10-20-13-7-5-4-6-12(13)2/h4-7H,3,8-11H2,1-2H3,(H,16,19)(H,17,18). The first-order valence-corrected chi connectivity index (χ1v) is 6.85. The molecule has 0 aliphatic carbocycles. The predicted octanol–water partition coefficient (Wildman–Crippen LogP) is 1.41. The molecule has 0 radical (unpaired) electrons. The number of hydrogen-bond donors (Lipinski definition) is 2. The molecule has 1 rings (SSSR count). The van der Waals surface area contributed by atoms with Crippen LogP contribution in [0.1, 0.15) is 25.3 Å². The lowest BCUT2D eigenvalue weighted by Crippen LogP contribution is -2.37. The summed E-state index contributed by atoms with van der Waals surface area (Å²) in [4.78, 5) is 22.8. The van der Waals surface area contributed by atoms with Crippen molar-refractivity contribution in [3.8, 4) is 5.75 Å². The molecule has 0 bridgehead atoms. The Morgan fingerprint density at radius 3 is 2.60 bits per heavy atom. The molecular weight excluding hydrogens is 256 g/mol. The van der Waals surface area contributed by atoms with Crippen molar-refractivity contribution in [1.29, 1.82) is 0 Å². The number of rotatable bonds is 8. The maximum Gasteiger partial charge on any atom is 0.239 e. The van der Waals surface area contributed by atoms with E-state index in [4.69, 9.17) is 4.74 Å². The quantitative estimate of drug-likeness (QED) is 0.755. The molecule has 0 aromatic heterocycles. The van der Waals surface area contributed by atoms with Gasteiger partial charge in [-0.15, -0.1) is 0 Å². The minimum Gasteiger partial charge on any atom is -0.493 e. The molecule has 2 amide bonds. The summed E-state index contributed by atoms with van der Waals surface area (Å²) in [6, 6.07) is 7.64. The number of benzene rings is 1. The molecule has 0 saturated heterocycles. The van der Waals surface area contributed by atoms with Gasteiger partial charge in [0.2, 0.25) is 11.8 Å². The van der Waals surface area contributed by atoms with Crippen molar-refractivity contribution < 1.29 is 14.3 Å². The van der Waals surface area contributed by atoms with Crippen molar-refractivity contribution in [2.24, 2.45) is 0 Å². The second kappa shape index (κ2) is 8.96. The van der Waals surface area contributed by atoms with Crippen molar-refractivity contribution in [3.05, 3.63) is 29.8 Å². The van der Waals surface area contributed by atoms with E-state index in [2.05, 4.69) is 10.6 Å². The zero-order valence-electron chi connectivity index (χ0n) is 12.1. The van der Waals surface area contributed by atoms with Crippen LogP contribution in [0.25, 0.3) is 0 Å². The van der Waals surface area contributed by atoms with Gasteiger partial charge in [0.15, 0.2) is 0 Å². The van der Waals surface area contributed by atoms with Gasteiger partial charge in [0, 0.05) is 6.54 Å². The molecule has 0 fully saturated rings. The molecule has 0 unspecified atom stereocenters. The van der Waals surface area contributed by atoms with E-state index >= 15 is 0 Å². The van der Waals surface area contributed by atoms with Crippen molar-refractivity contribution >= 4 is 11.8 Å². The van der Waals surface area contributed by atoms with Crippen LogP contribution in [0.3, 0.4) is 0 Å². The summed E-state index contributed by atoms with van der Waals surface area (Å²) in [6.07, 6.45) is 1.11. The van der Waals surface area contributed by atoms with E-state index in [1.54, 1.807) is 0 Å². The van der Waals surface area contributed by atoms with Crippen molar-refractivity contribution in [2.75, 3.05) is 19.7 Å². The average molecular weight is 278 g/mol. The van der Waals surface area contributed by atoms with Crippen molar-refractivity contribution in [2.45, 2.75) is 26.7 Å². The number of amides is 2. The first-order valence-electron chi connectivity index (χ1n) is 6.85. The number of ether oxygens (including phenoxy) is 1. The third-order valence-corrected chi connectivity index (χ3v) is 2.70. The van der Waals surface area contributed by atoms with Gasteiger partial charge in [-0.05, 0) is 25.0 Å². The Labute approximate surface area is 119 Å². The van der Waals surface area contributed by atoms with Crippen LogP contribution in [-0.4, -0.2) is 31.5 Å². The van der Waals surface area contributed by atoms with Gasteiger partial charge in [-0.3, -0.25) is 9.59 Å². The highest BCUT2D eigenvalue weighted by molar-refractivity contribution is 5.84. The summed E-state index contributed by atoms with van der Waals surface area (Å²) in [6.45, 7) is 4.87. The van der Waals surface area contributed by atoms with Crippen LogP contribution in [0, 0.1) is 6.92 Å². The molecule has 0 aliphatic rings. The third kappa shape index (κ3) is 6.22. The number of nitrogens with one attached hydrogen (secondary N) is 2. The Bertz CT molecular complexity index is 446. The Hall–Kier alpha value is -2.04. The van der Waals surface area contributed by atoms with E-state index in [0.29, 0.717) is 13.2 Å². The zero-order valence-corrected chi connectivity index (χ0v) is 12.1. The molecule has 0 heterocycles. The van der Waals surface area contributed by atoms with Crippen LogP contribution >= 0.6 is 0 Å². The monoisotopic (exact) mass is 278 g/mol. The minimum atomic E-state index is -0.190. The lowest BCUT2D eigenvalue weighted by atomic mass is 10.2. The topological polar surface area (TPSA) is 67.4 Å². The molecule has 5 nitrogen and oxygen atoms in total. The van der Waals surface area contributed by atoms with Gasteiger partial charge >= 0.3 is 0 Å². The first-order chi connectivity index (χ1) is 9.63. The van der Waals surface area contributed by atoms with Crippen LogP contribution in [0.2, 0.25) is 0 Å². The van der Waals surface area contributed by atoms with E-state index < -0.39 is 0 Å². The third-order valence-electron chi connectivity index (χ3n) is 2.70. The largest absolute Gasteiger partial charge is 0.493 e. The normalized spacial score (nSPS) is 9.90. The second-order valence-electron chi connectivity index (χ2n) is 4.49. The molecule has 2 N–H and O–H groups in total. The fourth-order valence-electron chi connectivity index (χ4n) is 1.57. The molecule has 0 saturated carbocycles. The smallest absolute Gasteiger partial charge is 0.239 e. The molecule has 0 aliphatic heterocycles. The zero-order chi connectivity index (χ0) is 14.8. The van der Waals surface area contributed by atoms with E-state index in [1.165, 1.54) is 0 Å². The van der Waals surface area contributed by atoms with Gasteiger partial charge in [-0.2, -0.15) is 0 Å². The highest BCUT2D eigenvalue weighted by Gasteiger charge is 2.05. The number of carbonyl (C=O) groups excluding carboxylic acids is 2. The Kier molecular flexibility index (Phi) is 7.17. The molecule has 1 aromatic carbocycles. The van der Waals surface area contributed by atoms with E-state index in [1.807, 2.05) is 38.1 Å². The summed E-state index contributed by atoms with van der Waals surface area (Å²) in [5.74, 6) is 0.422. The van der Waals surface area contributed by atoms with Gasteiger partial charge in [-0.1, -0.05) is 25.1 Å². The van der Waals surface area contributed by atoms with Crippen LogP contribution in [0.15, 0.2) is 24.3 Å². The first kappa shape index (κ1) is 16.0. The summed E-state index contributed by atoms with van der Waals surface area (Å²) in [5.41, 5.74) is 1.03. The SMILES string of the molecule is CCCNC(=O)CNC(=O)CCOc1ccccc1C. The fourth-order valence-corrected chi connectivity index (χ4v) is 1.57. The molecule has 0 spiro atoms. The lowest BCUT2D eigenvalue weighted by molar-refractivity contribution is -0.126. The summed E-state index contributed by atoms with van der Waals surface area (Å²) >= 11 is 0. The van der Waals surface area contributed by atoms with E-state index in [9.17, 15) is 9.59 Å². The molecule has 20 heavy (non-hydrogen) atoms. The maximum atomic E-state index is 11.5. The number of aryl methyl sites for hydroxylation is 1. The lowest BCUT2D eigenvalue weighted by Gasteiger charge is -2.09. The number of para-hydroxylation sites is 1. The second-order valence-corrected chi connectivity index (χ2v) is 4.49. The highest BCUT2D eigenvalue weighted by Crippen LogP contribution is 2.15. The molecule has 110 valence electrons. The van der Waals surface area contributed by atoms with Crippen LogP contribution in [-0.2, 0) is 9.59 Å². The van der Waals surface area contributed by atoms with E-state index in [0.717, 1.165) is 17.7 Å². The van der Waals surface area contributed by atoms with Gasteiger partial charge in [0.05, 0.1) is 19.6 Å².